The molecule has 0 unspecified atom stereocenters. The van der Waals surface area contributed by atoms with Crippen molar-refractivity contribution >= 4 is 11.9 Å². The lowest BCUT2D eigenvalue weighted by Crippen LogP contribution is -2.40. The van der Waals surface area contributed by atoms with Crippen LogP contribution in [-0.4, -0.2) is 58.9 Å². The van der Waals surface area contributed by atoms with Crippen molar-refractivity contribution < 1.29 is 29.3 Å². The quantitative estimate of drug-likeness (QED) is 0.804. The zero-order valence-corrected chi connectivity index (χ0v) is 11.2. The number of rotatable bonds is 2. The molecule has 0 radical (unpaired) electrons. The first-order valence-electron chi connectivity index (χ1n) is 6.68. The average molecular weight is 293 g/mol. The van der Waals surface area contributed by atoms with E-state index in [0.717, 1.165) is 0 Å². The molecule has 21 heavy (non-hydrogen) atoms. The van der Waals surface area contributed by atoms with Gasteiger partial charge in [-0.05, 0) is 18.2 Å². The van der Waals surface area contributed by atoms with Crippen LogP contribution in [0.15, 0.2) is 18.2 Å². The minimum atomic E-state index is -1.11. The van der Waals surface area contributed by atoms with Gasteiger partial charge in [0.15, 0.2) is 11.5 Å². The first kappa shape index (κ1) is 13.7. The number of nitrogens with zero attached hydrogens (tertiary/aromatic N) is 1. The number of ether oxygens (including phenoxy) is 2. The number of carbonyl (C=O) groups is 2. The van der Waals surface area contributed by atoms with E-state index < -0.39 is 24.0 Å². The van der Waals surface area contributed by atoms with E-state index in [-0.39, 0.29) is 13.0 Å². The van der Waals surface area contributed by atoms with Gasteiger partial charge in [-0.1, -0.05) is 0 Å². The van der Waals surface area contributed by atoms with Gasteiger partial charge in [-0.2, -0.15) is 0 Å². The highest BCUT2D eigenvalue weighted by atomic mass is 16.6. The Labute approximate surface area is 120 Å². The summed E-state index contributed by atoms with van der Waals surface area (Å²) >= 11 is 0. The van der Waals surface area contributed by atoms with Crippen LogP contribution in [0.1, 0.15) is 16.8 Å². The first-order valence-corrected chi connectivity index (χ1v) is 6.68. The second-order valence-electron chi connectivity index (χ2n) is 5.06. The maximum Gasteiger partial charge on any atom is 0.326 e. The van der Waals surface area contributed by atoms with Gasteiger partial charge >= 0.3 is 5.97 Å². The molecule has 2 atom stereocenters. The van der Waals surface area contributed by atoms with Crippen molar-refractivity contribution in [2.24, 2.45) is 0 Å². The van der Waals surface area contributed by atoms with Crippen LogP contribution >= 0.6 is 0 Å². The van der Waals surface area contributed by atoms with Crippen molar-refractivity contribution in [1.29, 1.82) is 0 Å². The smallest absolute Gasteiger partial charge is 0.326 e. The third kappa shape index (κ3) is 2.52. The number of hydrogen-bond donors (Lipinski definition) is 2. The highest BCUT2D eigenvalue weighted by Gasteiger charge is 2.39. The molecule has 0 saturated carbocycles. The van der Waals surface area contributed by atoms with Crippen molar-refractivity contribution in [3.8, 4) is 11.5 Å². The molecule has 7 nitrogen and oxygen atoms in total. The van der Waals surface area contributed by atoms with Crippen LogP contribution in [0.2, 0.25) is 0 Å². The fourth-order valence-electron chi connectivity index (χ4n) is 2.61. The number of hydrogen-bond acceptors (Lipinski definition) is 5. The number of benzene rings is 1. The van der Waals surface area contributed by atoms with Gasteiger partial charge in [-0.3, -0.25) is 4.79 Å². The zero-order chi connectivity index (χ0) is 15.0. The number of likely N-dealkylation sites (tertiary alicyclic amines) is 1. The van der Waals surface area contributed by atoms with Gasteiger partial charge in [-0.15, -0.1) is 0 Å². The Kier molecular flexibility index (Phi) is 3.42. The van der Waals surface area contributed by atoms with Gasteiger partial charge < -0.3 is 24.6 Å². The summed E-state index contributed by atoms with van der Waals surface area (Å²) in [6, 6.07) is 3.74. The maximum atomic E-state index is 12.4. The normalized spacial score (nSPS) is 24.0. The number of aliphatic carboxylic acids is 1. The molecular formula is C14H15NO6. The minimum absolute atomic E-state index is 0.0181. The number of aliphatic hydroxyl groups excluding tert-OH is 1. The summed E-state index contributed by atoms with van der Waals surface area (Å²) in [6.07, 6.45) is -0.765. The Bertz CT molecular complexity index is 587. The number of β-amino-alcohol motifs (C(OH)–C–C–N with tert-alkyl or cyclic N) is 1. The Morgan fingerprint density at radius 1 is 1.19 bits per heavy atom. The molecule has 3 rings (SSSR count). The minimum Gasteiger partial charge on any atom is -0.486 e. The van der Waals surface area contributed by atoms with Gasteiger partial charge in [0.1, 0.15) is 19.3 Å². The lowest BCUT2D eigenvalue weighted by atomic mass is 10.1. The average Bonchev–Trinajstić information content (AvgIpc) is 2.88. The molecule has 0 aromatic heterocycles. The van der Waals surface area contributed by atoms with Gasteiger partial charge in [0.25, 0.3) is 5.91 Å². The van der Waals surface area contributed by atoms with E-state index in [1.54, 1.807) is 18.2 Å². The van der Waals surface area contributed by atoms with Crippen LogP contribution in [0, 0.1) is 0 Å². The van der Waals surface area contributed by atoms with E-state index in [2.05, 4.69) is 0 Å². The monoisotopic (exact) mass is 293 g/mol. The Morgan fingerprint density at radius 2 is 1.90 bits per heavy atom. The fraction of sp³-hybridized carbons (Fsp3) is 0.429. The molecule has 1 fully saturated rings. The van der Waals surface area contributed by atoms with Crippen molar-refractivity contribution in [2.45, 2.75) is 18.6 Å². The molecule has 1 aromatic rings. The molecule has 2 heterocycles. The predicted molar refractivity (Wildman–Crippen MR) is 70.5 cm³/mol. The summed E-state index contributed by atoms with van der Waals surface area (Å²) < 4.78 is 10.8. The number of carbonyl (C=O) groups excluding carboxylic acids is 1. The van der Waals surface area contributed by atoms with Crippen molar-refractivity contribution in [3.05, 3.63) is 23.8 Å². The van der Waals surface area contributed by atoms with E-state index >= 15 is 0 Å². The second-order valence-corrected chi connectivity index (χ2v) is 5.06. The number of aliphatic hydroxyl groups is 1. The highest BCUT2D eigenvalue weighted by Crippen LogP contribution is 2.32. The van der Waals surface area contributed by atoms with Crippen molar-refractivity contribution in [3.63, 3.8) is 0 Å². The molecule has 1 aromatic carbocycles. The molecule has 0 bridgehead atoms. The number of carboxylic acid groups (broad SMARTS) is 1. The summed E-state index contributed by atoms with van der Waals surface area (Å²) in [5.74, 6) is -0.513. The van der Waals surface area contributed by atoms with Gasteiger partial charge in [0, 0.05) is 18.5 Å². The molecule has 2 N–H and O–H groups in total. The number of amides is 1. The van der Waals surface area contributed by atoms with Crippen LogP contribution < -0.4 is 9.47 Å². The molecular weight excluding hydrogens is 278 g/mol. The SMILES string of the molecule is O=C(O)[C@@H]1C[C@H](O)CN1C(=O)c1ccc2c(c1)OCCO2. The Balaban J connectivity index is 1.86. The van der Waals surface area contributed by atoms with E-state index in [4.69, 9.17) is 14.6 Å². The molecule has 0 spiro atoms. The standard InChI is InChI=1S/C14H15NO6/c16-9-6-10(14(18)19)15(7-9)13(17)8-1-2-11-12(5-8)21-4-3-20-11/h1-2,5,9-10,16H,3-4,6-7H2,(H,18,19)/t9-,10-/m0/s1. The predicted octanol–water partition coefficient (Wildman–Crippen LogP) is 0.118. The molecule has 1 amide bonds. The summed E-state index contributed by atoms with van der Waals surface area (Å²) in [6.45, 7) is 0.884. The van der Waals surface area contributed by atoms with Crippen LogP contribution in [0.3, 0.4) is 0 Å². The third-order valence-electron chi connectivity index (χ3n) is 3.61. The van der Waals surface area contributed by atoms with E-state index in [1.165, 1.54) is 4.90 Å². The summed E-state index contributed by atoms with van der Waals surface area (Å²) in [5.41, 5.74) is 0.319. The van der Waals surface area contributed by atoms with Gasteiger partial charge in [-0.25, -0.2) is 4.79 Å². The molecule has 0 aliphatic carbocycles. The maximum absolute atomic E-state index is 12.4. The molecule has 112 valence electrons. The fourth-order valence-corrected chi connectivity index (χ4v) is 2.61. The molecule has 2 aliphatic heterocycles. The van der Waals surface area contributed by atoms with Crippen LogP contribution in [0.4, 0.5) is 0 Å². The summed E-state index contributed by atoms with van der Waals surface area (Å²) in [7, 11) is 0. The van der Waals surface area contributed by atoms with Crippen molar-refractivity contribution in [2.75, 3.05) is 19.8 Å². The summed E-state index contributed by atoms with van der Waals surface area (Å²) in [5, 5.41) is 18.7. The lowest BCUT2D eigenvalue weighted by molar-refractivity contribution is -0.141. The topological polar surface area (TPSA) is 96.3 Å². The van der Waals surface area contributed by atoms with E-state index in [0.29, 0.717) is 30.3 Å². The zero-order valence-electron chi connectivity index (χ0n) is 11.2. The highest BCUT2D eigenvalue weighted by molar-refractivity contribution is 5.97. The summed E-state index contributed by atoms with van der Waals surface area (Å²) in [4.78, 5) is 24.8. The number of carboxylic acids is 1. The second kappa shape index (κ2) is 5.25. The third-order valence-corrected chi connectivity index (χ3v) is 3.61. The Hall–Kier alpha value is -2.28. The molecule has 2 aliphatic rings. The van der Waals surface area contributed by atoms with Gasteiger partial charge in [0.2, 0.25) is 0 Å². The van der Waals surface area contributed by atoms with Crippen LogP contribution in [0.25, 0.3) is 0 Å². The van der Waals surface area contributed by atoms with Crippen LogP contribution in [-0.2, 0) is 4.79 Å². The van der Waals surface area contributed by atoms with Crippen molar-refractivity contribution in [1.82, 2.24) is 4.90 Å². The molecule has 7 heteroatoms. The number of fused-ring (bicyclic) bond motifs is 1. The van der Waals surface area contributed by atoms with E-state index in [9.17, 15) is 14.7 Å². The van der Waals surface area contributed by atoms with Crippen LogP contribution in [0.5, 0.6) is 11.5 Å². The molecule has 1 saturated heterocycles. The van der Waals surface area contributed by atoms with E-state index in [1.807, 2.05) is 0 Å². The Morgan fingerprint density at radius 3 is 2.62 bits per heavy atom. The lowest BCUT2D eigenvalue weighted by Gasteiger charge is -2.23. The first-order chi connectivity index (χ1) is 10.1. The van der Waals surface area contributed by atoms with Gasteiger partial charge in [0.05, 0.1) is 6.10 Å². The largest absolute Gasteiger partial charge is 0.486 e.